The maximum Gasteiger partial charge on any atom is 0.166 e. The number of likely N-dealkylation sites (tertiary alicyclic amines) is 1. The lowest BCUT2D eigenvalue weighted by atomic mass is 9.89. The zero-order valence-electron chi connectivity index (χ0n) is 16.0. The molecule has 0 aromatic heterocycles. The molecule has 0 unspecified atom stereocenters. The van der Waals surface area contributed by atoms with Crippen molar-refractivity contribution in [2.75, 3.05) is 13.1 Å². The van der Waals surface area contributed by atoms with Gasteiger partial charge in [-0.05, 0) is 55.8 Å². The number of ether oxygens (including phenoxy) is 1. The second-order valence-electron chi connectivity index (χ2n) is 7.34. The summed E-state index contributed by atoms with van der Waals surface area (Å²) >= 11 is 0. The molecule has 1 heterocycles. The summed E-state index contributed by atoms with van der Waals surface area (Å²) in [5.74, 6) is 2.14. The molecule has 3 heteroatoms. The van der Waals surface area contributed by atoms with Crippen molar-refractivity contribution in [1.29, 1.82) is 0 Å². The normalized spacial score (nSPS) is 15.3. The van der Waals surface area contributed by atoms with Crippen LogP contribution >= 0.6 is 0 Å². The Bertz CT molecular complexity index is 900. The molecule has 4 rings (SSSR count). The van der Waals surface area contributed by atoms with E-state index in [0.29, 0.717) is 5.78 Å². The van der Waals surface area contributed by atoms with E-state index in [1.54, 1.807) is 0 Å². The van der Waals surface area contributed by atoms with Crippen LogP contribution in [0.4, 0.5) is 0 Å². The summed E-state index contributed by atoms with van der Waals surface area (Å²) in [6.07, 6.45) is 1.85. The third-order valence-corrected chi connectivity index (χ3v) is 5.30. The fourth-order valence-corrected chi connectivity index (χ4v) is 3.78. The summed E-state index contributed by atoms with van der Waals surface area (Å²) in [6, 6.07) is 27.8. The van der Waals surface area contributed by atoms with Gasteiger partial charge in [0.05, 0.1) is 0 Å². The van der Waals surface area contributed by atoms with Gasteiger partial charge in [-0.15, -0.1) is 0 Å². The van der Waals surface area contributed by atoms with Gasteiger partial charge in [-0.25, -0.2) is 0 Å². The molecule has 0 radical (unpaired) electrons. The first-order valence-corrected chi connectivity index (χ1v) is 9.91. The van der Waals surface area contributed by atoms with E-state index >= 15 is 0 Å². The standard InChI is InChI=1S/C25H25NO2/c27-25(21-9-3-1-4-10-21)22-14-16-26(17-15-22)19-20-8-7-13-24(18-20)28-23-11-5-2-6-12-23/h1-13,18,22H,14-17,19H2. The molecular formula is C25H25NO2. The Hall–Kier alpha value is -2.91. The van der Waals surface area contributed by atoms with Crippen molar-refractivity contribution in [2.45, 2.75) is 19.4 Å². The van der Waals surface area contributed by atoms with E-state index in [2.05, 4.69) is 17.0 Å². The first-order chi connectivity index (χ1) is 13.8. The molecule has 0 atom stereocenters. The summed E-state index contributed by atoms with van der Waals surface area (Å²) in [5, 5.41) is 0. The van der Waals surface area contributed by atoms with E-state index in [1.807, 2.05) is 72.8 Å². The molecule has 3 nitrogen and oxygen atoms in total. The topological polar surface area (TPSA) is 29.5 Å². The van der Waals surface area contributed by atoms with E-state index in [0.717, 1.165) is 49.5 Å². The largest absolute Gasteiger partial charge is 0.457 e. The van der Waals surface area contributed by atoms with Crippen molar-refractivity contribution in [3.63, 3.8) is 0 Å². The van der Waals surface area contributed by atoms with Gasteiger partial charge in [0.15, 0.2) is 5.78 Å². The third-order valence-electron chi connectivity index (χ3n) is 5.30. The van der Waals surface area contributed by atoms with Crippen molar-refractivity contribution in [1.82, 2.24) is 4.90 Å². The molecule has 1 saturated heterocycles. The van der Waals surface area contributed by atoms with E-state index in [1.165, 1.54) is 5.56 Å². The van der Waals surface area contributed by atoms with E-state index in [4.69, 9.17) is 4.74 Å². The highest BCUT2D eigenvalue weighted by Crippen LogP contribution is 2.25. The van der Waals surface area contributed by atoms with Gasteiger partial charge in [-0.2, -0.15) is 0 Å². The zero-order valence-corrected chi connectivity index (χ0v) is 16.0. The average Bonchev–Trinajstić information content (AvgIpc) is 2.75. The molecule has 1 fully saturated rings. The van der Waals surface area contributed by atoms with Crippen molar-refractivity contribution in [3.8, 4) is 11.5 Å². The number of Topliss-reactive ketones (excluding diaryl/α,β-unsaturated/α-hetero) is 1. The van der Waals surface area contributed by atoms with Crippen LogP contribution in [0.25, 0.3) is 0 Å². The molecule has 3 aromatic rings. The van der Waals surface area contributed by atoms with Crippen LogP contribution in [0.1, 0.15) is 28.8 Å². The first-order valence-electron chi connectivity index (χ1n) is 9.91. The van der Waals surface area contributed by atoms with Crippen molar-refractivity contribution in [2.24, 2.45) is 5.92 Å². The van der Waals surface area contributed by atoms with Gasteiger partial charge in [-0.1, -0.05) is 60.7 Å². The average molecular weight is 371 g/mol. The van der Waals surface area contributed by atoms with E-state index < -0.39 is 0 Å². The third kappa shape index (κ3) is 4.68. The number of nitrogens with zero attached hydrogens (tertiary/aromatic N) is 1. The van der Waals surface area contributed by atoms with Gasteiger partial charge < -0.3 is 4.74 Å². The Balaban J connectivity index is 1.32. The smallest absolute Gasteiger partial charge is 0.166 e. The van der Waals surface area contributed by atoms with Crippen LogP contribution in [0.2, 0.25) is 0 Å². The zero-order chi connectivity index (χ0) is 19.2. The number of carbonyl (C=O) groups is 1. The maximum absolute atomic E-state index is 12.6. The van der Waals surface area contributed by atoms with Crippen LogP contribution in [0.15, 0.2) is 84.9 Å². The number of hydrogen-bond donors (Lipinski definition) is 0. The molecule has 0 amide bonds. The molecule has 1 aliphatic heterocycles. The number of benzene rings is 3. The Kier molecular flexibility index (Phi) is 5.83. The Morgan fingerprint density at radius 1 is 0.821 bits per heavy atom. The summed E-state index contributed by atoms with van der Waals surface area (Å²) < 4.78 is 5.94. The number of hydrogen-bond acceptors (Lipinski definition) is 3. The maximum atomic E-state index is 12.6. The second-order valence-corrected chi connectivity index (χ2v) is 7.34. The van der Waals surface area contributed by atoms with Gasteiger partial charge in [-0.3, -0.25) is 9.69 Å². The number of ketones is 1. The number of rotatable bonds is 6. The fourth-order valence-electron chi connectivity index (χ4n) is 3.78. The highest BCUT2D eigenvalue weighted by Gasteiger charge is 2.25. The van der Waals surface area contributed by atoms with Crippen LogP contribution in [0.5, 0.6) is 11.5 Å². The van der Waals surface area contributed by atoms with Gasteiger partial charge >= 0.3 is 0 Å². The minimum absolute atomic E-state index is 0.145. The summed E-state index contributed by atoms with van der Waals surface area (Å²) in [7, 11) is 0. The molecule has 142 valence electrons. The van der Waals surface area contributed by atoms with Gasteiger partial charge in [0, 0.05) is 18.0 Å². The van der Waals surface area contributed by atoms with Gasteiger partial charge in [0.2, 0.25) is 0 Å². The summed E-state index contributed by atoms with van der Waals surface area (Å²) in [5.41, 5.74) is 2.08. The molecule has 28 heavy (non-hydrogen) atoms. The Labute approximate surface area is 166 Å². The quantitative estimate of drug-likeness (QED) is 0.530. The number of carbonyl (C=O) groups excluding carboxylic acids is 1. The van der Waals surface area contributed by atoms with Crippen LogP contribution in [-0.2, 0) is 6.54 Å². The van der Waals surface area contributed by atoms with E-state index in [-0.39, 0.29) is 5.92 Å². The van der Waals surface area contributed by atoms with Crippen molar-refractivity contribution in [3.05, 3.63) is 96.1 Å². The highest BCUT2D eigenvalue weighted by atomic mass is 16.5. The second kappa shape index (κ2) is 8.85. The lowest BCUT2D eigenvalue weighted by Gasteiger charge is -2.31. The van der Waals surface area contributed by atoms with Crippen LogP contribution in [0, 0.1) is 5.92 Å². The molecule has 0 aliphatic carbocycles. The summed E-state index contributed by atoms with van der Waals surface area (Å²) in [4.78, 5) is 15.1. The predicted molar refractivity (Wildman–Crippen MR) is 112 cm³/mol. The van der Waals surface area contributed by atoms with E-state index in [9.17, 15) is 4.79 Å². The van der Waals surface area contributed by atoms with Crippen LogP contribution in [-0.4, -0.2) is 23.8 Å². The van der Waals surface area contributed by atoms with Crippen LogP contribution < -0.4 is 4.74 Å². The first kappa shape index (κ1) is 18.5. The monoisotopic (exact) mass is 371 g/mol. The molecule has 0 spiro atoms. The molecule has 0 saturated carbocycles. The molecular weight excluding hydrogens is 346 g/mol. The molecule has 1 aliphatic rings. The van der Waals surface area contributed by atoms with Crippen molar-refractivity contribution < 1.29 is 9.53 Å². The van der Waals surface area contributed by atoms with Crippen molar-refractivity contribution >= 4 is 5.78 Å². The van der Waals surface area contributed by atoms with Gasteiger partial charge in [0.1, 0.15) is 11.5 Å². The fraction of sp³-hybridized carbons (Fsp3) is 0.240. The van der Waals surface area contributed by atoms with Crippen LogP contribution in [0.3, 0.4) is 0 Å². The molecule has 3 aromatic carbocycles. The number of piperidine rings is 1. The Morgan fingerprint density at radius 2 is 1.46 bits per heavy atom. The number of para-hydroxylation sites is 1. The lowest BCUT2D eigenvalue weighted by molar-refractivity contribution is 0.0835. The lowest BCUT2D eigenvalue weighted by Crippen LogP contribution is -2.35. The Morgan fingerprint density at radius 3 is 2.18 bits per heavy atom. The minimum atomic E-state index is 0.145. The molecule has 0 bridgehead atoms. The summed E-state index contributed by atoms with van der Waals surface area (Å²) in [6.45, 7) is 2.79. The minimum Gasteiger partial charge on any atom is -0.457 e. The van der Waals surface area contributed by atoms with Gasteiger partial charge in [0.25, 0.3) is 0 Å². The SMILES string of the molecule is O=C(c1ccccc1)C1CCN(Cc2cccc(Oc3ccccc3)c2)CC1. The highest BCUT2D eigenvalue weighted by molar-refractivity contribution is 5.97. The molecule has 0 N–H and O–H groups in total. The predicted octanol–water partition coefficient (Wildman–Crippen LogP) is 5.57.